The van der Waals surface area contributed by atoms with E-state index < -0.39 is 19.1 Å². The highest BCUT2D eigenvalue weighted by atomic mass is 31.2. The molecule has 0 rings (SSSR count). The Labute approximate surface area is 104 Å². The minimum Gasteiger partial charge on any atom is -0.617 e. The maximum Gasteiger partial charge on any atom is 0.316 e. The van der Waals surface area contributed by atoms with Gasteiger partial charge in [-0.05, 0) is 13.5 Å². The highest BCUT2D eigenvalue weighted by Gasteiger charge is 2.34. The van der Waals surface area contributed by atoms with Crippen molar-refractivity contribution in [2.24, 2.45) is 5.92 Å². The Morgan fingerprint density at radius 1 is 1.35 bits per heavy atom. The Kier molecular flexibility index (Phi) is 6.25. The van der Waals surface area contributed by atoms with E-state index in [1.54, 1.807) is 0 Å². The molecule has 1 unspecified atom stereocenters. The van der Waals surface area contributed by atoms with E-state index in [4.69, 9.17) is 4.74 Å². The summed E-state index contributed by atoms with van der Waals surface area (Å²) in [5, 5.41) is 11.9. The second-order valence-corrected chi connectivity index (χ2v) is 9.14. The van der Waals surface area contributed by atoms with Crippen LogP contribution in [0.5, 0.6) is 0 Å². The van der Waals surface area contributed by atoms with Crippen LogP contribution in [0, 0.1) is 5.92 Å². The maximum atomic E-state index is 11.7. The van der Waals surface area contributed by atoms with Gasteiger partial charge in [0.1, 0.15) is 5.92 Å². The first-order valence-corrected chi connectivity index (χ1v) is 8.36. The lowest BCUT2D eigenvalue weighted by Gasteiger charge is -2.21. The number of carbonyl (C=O) groups excluding carboxylic acids is 1. The van der Waals surface area contributed by atoms with Crippen LogP contribution in [0.15, 0.2) is 23.9 Å². The van der Waals surface area contributed by atoms with Crippen LogP contribution in [-0.4, -0.2) is 40.2 Å². The summed E-state index contributed by atoms with van der Waals surface area (Å²) in [5.41, 5.74) is 0. The van der Waals surface area contributed by atoms with Crippen LogP contribution in [0.4, 0.5) is 0 Å². The highest BCUT2D eigenvalue weighted by Crippen LogP contribution is 2.58. The summed E-state index contributed by atoms with van der Waals surface area (Å²) in [7, 11) is 1.27. The van der Waals surface area contributed by atoms with Gasteiger partial charge in [-0.25, -0.2) is 0 Å². The van der Waals surface area contributed by atoms with E-state index in [1.807, 2.05) is 0 Å². The smallest absolute Gasteiger partial charge is 0.316 e. The van der Waals surface area contributed by atoms with Gasteiger partial charge in [-0.3, -0.25) is 4.79 Å². The first-order chi connectivity index (χ1) is 7.73. The third kappa shape index (κ3) is 5.22. The van der Waals surface area contributed by atoms with E-state index in [0.29, 0.717) is 0 Å². The standard InChI is InChI=1S/C12H21O4P/c1-9(17(4,5)6)10(12(14)16-3)7-8-11(13)15-2/h8,10H,1,7H2,2-6H3/b11-8+. The molecule has 0 N–H and O–H groups in total. The van der Waals surface area contributed by atoms with Gasteiger partial charge in [0.2, 0.25) is 0 Å². The van der Waals surface area contributed by atoms with E-state index in [9.17, 15) is 9.90 Å². The Hall–Kier alpha value is -1.02. The minimum absolute atomic E-state index is 0.273. The number of carbonyl (C=O) groups is 1. The van der Waals surface area contributed by atoms with Gasteiger partial charge < -0.3 is 14.6 Å². The molecule has 17 heavy (non-hydrogen) atoms. The first-order valence-electron chi connectivity index (χ1n) is 5.23. The van der Waals surface area contributed by atoms with Gasteiger partial charge in [-0.1, -0.05) is 12.7 Å². The van der Waals surface area contributed by atoms with E-state index in [1.165, 1.54) is 20.3 Å². The van der Waals surface area contributed by atoms with Crippen molar-refractivity contribution in [1.82, 2.24) is 0 Å². The second kappa shape index (κ2) is 6.65. The molecule has 0 aliphatic carbocycles. The summed E-state index contributed by atoms with van der Waals surface area (Å²) < 4.78 is 9.25. The number of methoxy groups -OCH3 is 2. The lowest BCUT2D eigenvalue weighted by molar-refractivity contribution is -0.353. The number of allylic oxidation sites excluding steroid dienone is 1. The van der Waals surface area contributed by atoms with E-state index in [-0.39, 0.29) is 12.4 Å². The molecule has 4 nitrogen and oxygen atoms in total. The molecule has 0 aromatic heterocycles. The second-order valence-electron chi connectivity index (χ2n) is 4.54. The van der Waals surface area contributed by atoms with Crippen molar-refractivity contribution >= 4 is 13.2 Å². The molecule has 0 saturated heterocycles. The summed E-state index contributed by atoms with van der Waals surface area (Å²) >= 11 is 0. The highest BCUT2D eigenvalue weighted by molar-refractivity contribution is 7.77. The normalized spacial score (nSPS) is 14.1. The lowest BCUT2D eigenvalue weighted by Crippen LogP contribution is -2.19. The zero-order chi connectivity index (χ0) is 13.6. The number of hydrogen-bond donors (Lipinski definition) is 0. The molecule has 0 aromatic rings. The molecule has 0 radical (unpaired) electrons. The predicted molar refractivity (Wildman–Crippen MR) is 69.0 cm³/mol. The molecule has 98 valence electrons. The average molecular weight is 260 g/mol. The van der Waals surface area contributed by atoms with Gasteiger partial charge in [0.25, 0.3) is 0 Å². The largest absolute Gasteiger partial charge is 0.617 e. The van der Waals surface area contributed by atoms with Crippen LogP contribution >= 0.6 is 7.26 Å². The minimum atomic E-state index is -1.37. The predicted octanol–water partition coefficient (Wildman–Crippen LogP) is 1.43. The molecule has 0 amide bonds. The zero-order valence-corrected chi connectivity index (χ0v) is 12.0. The first kappa shape index (κ1) is 16.0. The number of esters is 1. The van der Waals surface area contributed by atoms with Crippen LogP contribution in [0.2, 0.25) is 0 Å². The molecule has 0 fully saturated rings. The molecule has 5 heteroatoms. The summed E-state index contributed by atoms with van der Waals surface area (Å²) in [4.78, 5) is 11.7. The van der Waals surface area contributed by atoms with Crippen molar-refractivity contribution in [2.45, 2.75) is 6.42 Å². The summed E-state index contributed by atoms with van der Waals surface area (Å²) in [6.07, 6.45) is 1.62. The van der Waals surface area contributed by atoms with Crippen molar-refractivity contribution in [2.75, 3.05) is 34.2 Å². The van der Waals surface area contributed by atoms with Crippen LogP contribution in [0.25, 0.3) is 0 Å². The van der Waals surface area contributed by atoms with Gasteiger partial charge in [0.05, 0.1) is 32.4 Å². The van der Waals surface area contributed by atoms with Crippen molar-refractivity contribution in [1.29, 1.82) is 0 Å². The maximum absolute atomic E-state index is 11.7. The van der Waals surface area contributed by atoms with E-state index in [2.05, 4.69) is 31.3 Å². The van der Waals surface area contributed by atoms with Crippen LogP contribution in [0.3, 0.4) is 0 Å². The number of ether oxygens (including phenoxy) is 2. The van der Waals surface area contributed by atoms with Gasteiger partial charge in [0, 0.05) is 13.2 Å². The molecule has 1 atom stereocenters. The van der Waals surface area contributed by atoms with E-state index >= 15 is 0 Å². The fraction of sp³-hybridized carbons (Fsp3) is 0.583. The van der Waals surface area contributed by atoms with Crippen LogP contribution in [0.1, 0.15) is 6.42 Å². The number of rotatable bonds is 6. The van der Waals surface area contributed by atoms with E-state index in [0.717, 1.165) is 5.31 Å². The zero-order valence-electron chi connectivity index (χ0n) is 11.1. The van der Waals surface area contributed by atoms with Crippen LogP contribution < -0.4 is 5.11 Å². The van der Waals surface area contributed by atoms with Crippen molar-refractivity contribution in [3.63, 3.8) is 0 Å². The topological polar surface area (TPSA) is 58.6 Å². The third-order valence-electron chi connectivity index (χ3n) is 2.47. The molecular formula is C12H21O4P. The van der Waals surface area contributed by atoms with Gasteiger partial charge in [0.15, 0.2) is 0 Å². The molecule has 0 aliphatic rings. The van der Waals surface area contributed by atoms with Crippen LogP contribution in [-0.2, 0) is 14.3 Å². The lowest BCUT2D eigenvalue weighted by atomic mass is 10.1. The average Bonchev–Trinajstić information content (AvgIpc) is 2.26. The van der Waals surface area contributed by atoms with Gasteiger partial charge >= 0.3 is 5.97 Å². The van der Waals surface area contributed by atoms with Gasteiger partial charge in [-0.2, -0.15) is 0 Å². The van der Waals surface area contributed by atoms with Crippen molar-refractivity contribution in [3.05, 3.63) is 23.9 Å². The Morgan fingerprint density at radius 2 is 1.88 bits per heavy atom. The molecule has 0 bridgehead atoms. The third-order valence-corrected chi connectivity index (χ3v) is 4.51. The molecular weight excluding hydrogens is 239 g/mol. The summed E-state index contributed by atoms with van der Waals surface area (Å²) in [6.45, 7) is 10.2. The Bertz CT molecular complexity index is 315. The Balaban J connectivity index is 4.91. The Morgan fingerprint density at radius 3 is 2.24 bits per heavy atom. The van der Waals surface area contributed by atoms with Crippen molar-refractivity contribution in [3.8, 4) is 0 Å². The monoisotopic (exact) mass is 260 g/mol. The molecule has 0 heterocycles. The molecule has 0 spiro atoms. The SMILES string of the molecule is C=C(C(C/C=C(\[O-])OC)C(=O)OC)[P+](C)(C)C. The molecule has 0 aliphatic heterocycles. The summed E-state index contributed by atoms with van der Waals surface area (Å²) in [5.74, 6) is -1.27. The molecule has 0 saturated carbocycles. The summed E-state index contributed by atoms with van der Waals surface area (Å²) in [6, 6.07) is 0. The molecule has 0 aromatic carbocycles. The van der Waals surface area contributed by atoms with Crippen molar-refractivity contribution < 1.29 is 19.4 Å². The number of hydrogen-bond acceptors (Lipinski definition) is 4. The fourth-order valence-electron chi connectivity index (χ4n) is 1.28. The van der Waals surface area contributed by atoms with Gasteiger partial charge in [-0.15, -0.1) is 0 Å². The quantitative estimate of drug-likeness (QED) is 0.412. The fourth-order valence-corrected chi connectivity index (χ4v) is 2.42.